The molecule has 2 aromatic rings. The van der Waals surface area contributed by atoms with Crippen molar-refractivity contribution in [3.8, 4) is 5.75 Å². The minimum Gasteiger partial charge on any atom is -0.494 e. The number of piperazine rings is 1. The number of fused-ring (bicyclic) bond motifs is 1. The number of hydrogen-bond donors (Lipinski definition) is 0. The molecule has 30 heavy (non-hydrogen) atoms. The van der Waals surface area contributed by atoms with Crippen LogP contribution >= 0.6 is 11.3 Å². The summed E-state index contributed by atoms with van der Waals surface area (Å²) < 4.78 is 16.7. The Morgan fingerprint density at radius 2 is 1.97 bits per heavy atom. The summed E-state index contributed by atoms with van der Waals surface area (Å²) in [5.41, 5.74) is 0.630. The number of thiazole rings is 1. The molecule has 1 aliphatic rings. The van der Waals surface area contributed by atoms with Crippen LogP contribution in [0.3, 0.4) is 0 Å². The Kier molecular flexibility index (Phi) is 6.40. The molecule has 1 amide bonds. The van der Waals surface area contributed by atoms with Gasteiger partial charge in [-0.2, -0.15) is 0 Å². The standard InChI is InChI=1S/C21H29N3O5S/c1-7-14-12-23(20(26)29-21(2,3)4)8-9-24(14)19-22-17-15(27-5)10-13(18(25)28-6)11-16(17)30-19/h10-11,14H,7-9,12H2,1-6H3. The second-order valence-electron chi connectivity index (χ2n) is 8.20. The lowest BCUT2D eigenvalue weighted by Gasteiger charge is -2.41. The van der Waals surface area contributed by atoms with E-state index in [4.69, 9.17) is 19.2 Å². The number of nitrogens with zero attached hydrogens (tertiary/aromatic N) is 3. The number of carbonyl (C=O) groups is 2. The summed E-state index contributed by atoms with van der Waals surface area (Å²) in [5, 5.41) is 0.848. The highest BCUT2D eigenvalue weighted by molar-refractivity contribution is 7.22. The van der Waals surface area contributed by atoms with Crippen LogP contribution in [0.4, 0.5) is 9.93 Å². The van der Waals surface area contributed by atoms with Crippen LogP contribution < -0.4 is 9.64 Å². The Bertz CT molecular complexity index is 937. The van der Waals surface area contributed by atoms with Crippen molar-refractivity contribution in [3.63, 3.8) is 0 Å². The molecule has 0 spiro atoms. The van der Waals surface area contributed by atoms with Crippen molar-refractivity contribution in [2.75, 3.05) is 38.8 Å². The van der Waals surface area contributed by atoms with Crippen LogP contribution in [0.15, 0.2) is 12.1 Å². The molecule has 9 heteroatoms. The Morgan fingerprint density at radius 3 is 2.57 bits per heavy atom. The molecule has 1 aliphatic heterocycles. The molecule has 1 fully saturated rings. The Morgan fingerprint density at radius 1 is 1.23 bits per heavy atom. The Balaban J connectivity index is 1.86. The molecule has 0 radical (unpaired) electrons. The molecule has 1 atom stereocenters. The molecule has 0 bridgehead atoms. The monoisotopic (exact) mass is 435 g/mol. The summed E-state index contributed by atoms with van der Waals surface area (Å²) in [6.07, 6.45) is 0.578. The fourth-order valence-corrected chi connectivity index (χ4v) is 4.57. The summed E-state index contributed by atoms with van der Waals surface area (Å²) >= 11 is 1.51. The minimum absolute atomic E-state index is 0.123. The van der Waals surface area contributed by atoms with Gasteiger partial charge in [0.1, 0.15) is 16.9 Å². The maximum atomic E-state index is 12.5. The zero-order valence-corrected chi connectivity index (χ0v) is 19.2. The van der Waals surface area contributed by atoms with Gasteiger partial charge in [0.25, 0.3) is 0 Å². The quantitative estimate of drug-likeness (QED) is 0.673. The van der Waals surface area contributed by atoms with Crippen LogP contribution in [0.2, 0.25) is 0 Å². The van der Waals surface area contributed by atoms with E-state index >= 15 is 0 Å². The van der Waals surface area contributed by atoms with Gasteiger partial charge >= 0.3 is 12.1 Å². The van der Waals surface area contributed by atoms with Crippen LogP contribution in [-0.2, 0) is 9.47 Å². The van der Waals surface area contributed by atoms with E-state index in [0.717, 1.165) is 21.8 Å². The number of methoxy groups -OCH3 is 2. The average Bonchev–Trinajstić information content (AvgIpc) is 3.14. The number of rotatable bonds is 4. The topological polar surface area (TPSA) is 81.2 Å². The third-order valence-corrected chi connectivity index (χ3v) is 5.98. The van der Waals surface area contributed by atoms with Crippen molar-refractivity contribution in [1.82, 2.24) is 9.88 Å². The van der Waals surface area contributed by atoms with Gasteiger partial charge in [0, 0.05) is 25.7 Å². The van der Waals surface area contributed by atoms with Crippen molar-refractivity contribution in [1.29, 1.82) is 0 Å². The molecular weight excluding hydrogens is 406 g/mol. The highest BCUT2D eigenvalue weighted by Gasteiger charge is 2.32. The largest absolute Gasteiger partial charge is 0.494 e. The number of esters is 1. The molecule has 1 aromatic heterocycles. The van der Waals surface area contributed by atoms with E-state index in [9.17, 15) is 9.59 Å². The summed E-state index contributed by atoms with van der Waals surface area (Å²) in [6, 6.07) is 3.55. The molecular formula is C21H29N3O5S. The van der Waals surface area contributed by atoms with E-state index in [0.29, 0.717) is 30.9 Å². The first kappa shape index (κ1) is 22.1. The van der Waals surface area contributed by atoms with Gasteiger partial charge in [-0.3, -0.25) is 0 Å². The summed E-state index contributed by atoms with van der Waals surface area (Å²) in [7, 11) is 2.91. The molecule has 0 N–H and O–H groups in total. The number of amides is 1. The van der Waals surface area contributed by atoms with Crippen molar-refractivity contribution in [2.24, 2.45) is 0 Å². The van der Waals surface area contributed by atoms with Gasteiger partial charge in [-0.05, 0) is 39.3 Å². The first-order valence-corrected chi connectivity index (χ1v) is 10.8. The van der Waals surface area contributed by atoms with Gasteiger partial charge in [0.15, 0.2) is 5.13 Å². The predicted molar refractivity (Wildman–Crippen MR) is 117 cm³/mol. The molecule has 8 nitrogen and oxygen atoms in total. The third-order valence-electron chi connectivity index (χ3n) is 4.94. The molecule has 1 unspecified atom stereocenters. The lowest BCUT2D eigenvalue weighted by molar-refractivity contribution is 0.0213. The molecule has 0 aliphatic carbocycles. The zero-order chi connectivity index (χ0) is 22.1. The molecule has 0 saturated carbocycles. The summed E-state index contributed by atoms with van der Waals surface area (Å²) in [5.74, 6) is 0.124. The molecule has 3 rings (SSSR count). The van der Waals surface area contributed by atoms with Gasteiger partial charge in [-0.1, -0.05) is 18.3 Å². The summed E-state index contributed by atoms with van der Waals surface area (Å²) in [4.78, 5) is 33.2. The number of hydrogen-bond acceptors (Lipinski definition) is 8. The van der Waals surface area contributed by atoms with E-state index in [1.807, 2.05) is 20.8 Å². The zero-order valence-electron chi connectivity index (χ0n) is 18.4. The lowest BCUT2D eigenvalue weighted by Crippen LogP contribution is -2.55. The first-order chi connectivity index (χ1) is 14.2. The Labute approximate surface area is 180 Å². The van der Waals surface area contributed by atoms with E-state index in [-0.39, 0.29) is 12.1 Å². The van der Waals surface area contributed by atoms with Gasteiger partial charge in [0.05, 0.1) is 24.5 Å². The third kappa shape index (κ3) is 4.61. The number of benzene rings is 1. The van der Waals surface area contributed by atoms with Crippen molar-refractivity contribution in [2.45, 2.75) is 45.8 Å². The average molecular weight is 436 g/mol. The van der Waals surface area contributed by atoms with Crippen LogP contribution in [0.25, 0.3) is 10.2 Å². The van der Waals surface area contributed by atoms with E-state index in [2.05, 4.69) is 11.8 Å². The normalized spacial score (nSPS) is 17.2. The maximum Gasteiger partial charge on any atom is 0.410 e. The number of ether oxygens (including phenoxy) is 3. The molecule has 2 heterocycles. The SMILES string of the molecule is CCC1CN(C(=O)OC(C)(C)C)CCN1c1nc2c(OC)cc(C(=O)OC)cc2s1. The van der Waals surface area contributed by atoms with Gasteiger partial charge < -0.3 is 24.0 Å². The number of anilines is 1. The highest BCUT2D eigenvalue weighted by Crippen LogP contribution is 2.37. The van der Waals surface area contributed by atoms with Gasteiger partial charge in [-0.15, -0.1) is 0 Å². The molecule has 1 aromatic carbocycles. The van der Waals surface area contributed by atoms with Gasteiger partial charge in [-0.25, -0.2) is 14.6 Å². The lowest BCUT2D eigenvalue weighted by atomic mass is 10.1. The van der Waals surface area contributed by atoms with Crippen LogP contribution in [0.5, 0.6) is 5.75 Å². The fraction of sp³-hybridized carbons (Fsp3) is 0.571. The fourth-order valence-electron chi connectivity index (χ4n) is 3.45. The number of aromatic nitrogens is 1. The smallest absolute Gasteiger partial charge is 0.410 e. The van der Waals surface area contributed by atoms with Crippen LogP contribution in [-0.4, -0.2) is 67.4 Å². The van der Waals surface area contributed by atoms with E-state index in [1.165, 1.54) is 18.4 Å². The van der Waals surface area contributed by atoms with Crippen LogP contribution in [0, 0.1) is 0 Å². The first-order valence-electron chi connectivity index (χ1n) is 9.98. The van der Waals surface area contributed by atoms with E-state index < -0.39 is 11.6 Å². The van der Waals surface area contributed by atoms with Gasteiger partial charge in [0.2, 0.25) is 0 Å². The molecule has 1 saturated heterocycles. The van der Waals surface area contributed by atoms with Crippen molar-refractivity contribution < 1.29 is 23.8 Å². The summed E-state index contributed by atoms with van der Waals surface area (Å²) in [6.45, 7) is 9.50. The van der Waals surface area contributed by atoms with Crippen LogP contribution in [0.1, 0.15) is 44.5 Å². The maximum absolute atomic E-state index is 12.5. The predicted octanol–water partition coefficient (Wildman–Crippen LogP) is 3.93. The minimum atomic E-state index is -0.517. The van der Waals surface area contributed by atoms with E-state index in [1.54, 1.807) is 24.1 Å². The number of carbonyl (C=O) groups excluding carboxylic acids is 2. The Hall–Kier alpha value is -2.55. The second-order valence-corrected chi connectivity index (χ2v) is 9.20. The molecule has 164 valence electrons. The van der Waals surface area contributed by atoms with Crippen molar-refractivity contribution >= 4 is 38.7 Å². The van der Waals surface area contributed by atoms with Crippen molar-refractivity contribution in [3.05, 3.63) is 17.7 Å². The highest BCUT2D eigenvalue weighted by atomic mass is 32.1. The second kappa shape index (κ2) is 8.67.